The standard InChI is InChI=1S/C50H58F3N4O10PS/c1-9-46(2,3)44(58)69-30-29-63-68(60,54-31-33-15-13-14-18-39(33)50(51,52)53)64-32-40-42-48(6,67-47(4,5)66-42)43(65-40)57-28-27-41(55-45(57)59)56-49(34-16-11-10-12-17-34,35-19-23-37(61-7)24-20-35)36-21-25-38(62-8)26-22-36/h10-28,40,42-43H,9,29-32H2,1-8H3,(H,54,60)(H,55,56,59)/t40-,42+,43-,48?,68?/m1/s1. The average Bonchev–Trinajstić information content (AvgIpc) is 3.74. The van der Waals surface area contributed by atoms with Crippen molar-refractivity contribution < 1.29 is 55.3 Å². The molecule has 2 aliphatic rings. The molecule has 2 fully saturated rings. The summed E-state index contributed by atoms with van der Waals surface area (Å²) >= 11 is 0.996. The fourth-order valence-corrected chi connectivity index (χ4v) is 10.8. The normalized spacial score (nSPS) is 21.1. The maximum absolute atomic E-state index is 14.5. The summed E-state index contributed by atoms with van der Waals surface area (Å²) in [5, 5.41) is 6.10. The van der Waals surface area contributed by atoms with Crippen LogP contribution in [0.3, 0.4) is 0 Å². The molecule has 0 spiro atoms. The topological polar surface area (TPSA) is 158 Å². The molecule has 2 saturated heterocycles. The molecule has 0 bridgehead atoms. The number of methoxy groups -OCH3 is 2. The number of nitrogens with zero attached hydrogens (tertiary/aromatic N) is 2. The number of halogens is 3. The highest BCUT2D eigenvalue weighted by molar-refractivity contribution is 8.13. The number of ether oxygens (including phenoxy) is 5. The molecule has 14 nitrogen and oxygen atoms in total. The van der Waals surface area contributed by atoms with Crippen molar-refractivity contribution in [1.29, 1.82) is 0 Å². The van der Waals surface area contributed by atoms with Crippen molar-refractivity contribution in [1.82, 2.24) is 14.6 Å². The van der Waals surface area contributed by atoms with Gasteiger partial charge in [0.15, 0.2) is 17.1 Å². The Balaban J connectivity index is 1.18. The van der Waals surface area contributed by atoms with Gasteiger partial charge in [-0.3, -0.25) is 18.4 Å². The third-order valence-corrected chi connectivity index (χ3v) is 15.2. The first kappa shape index (κ1) is 51.8. The fourth-order valence-electron chi connectivity index (χ4n) is 8.52. The van der Waals surface area contributed by atoms with Crippen LogP contribution in [0.4, 0.5) is 19.0 Å². The molecule has 370 valence electrons. The third-order valence-electron chi connectivity index (χ3n) is 12.4. The molecule has 5 aromatic rings. The Bertz CT molecular complexity index is 2630. The lowest BCUT2D eigenvalue weighted by molar-refractivity contribution is -0.217. The van der Waals surface area contributed by atoms with Gasteiger partial charge in [-0.2, -0.15) is 18.2 Å². The summed E-state index contributed by atoms with van der Waals surface area (Å²) in [5.74, 6) is 0.449. The van der Waals surface area contributed by atoms with Gasteiger partial charge in [0, 0.05) is 23.9 Å². The number of anilines is 1. The molecule has 0 radical (unpaired) electrons. The van der Waals surface area contributed by atoms with Gasteiger partial charge >= 0.3 is 19.6 Å². The molecule has 4 aromatic carbocycles. The quantitative estimate of drug-likeness (QED) is 0.0431. The van der Waals surface area contributed by atoms with E-state index in [2.05, 4.69) is 15.4 Å². The highest BCUT2D eigenvalue weighted by Crippen LogP contribution is 2.53. The molecule has 5 atom stereocenters. The number of thioether (sulfide) groups is 1. The minimum atomic E-state index is -4.68. The molecule has 3 heterocycles. The van der Waals surface area contributed by atoms with Gasteiger partial charge in [0.2, 0.25) is 0 Å². The maximum atomic E-state index is 14.5. The summed E-state index contributed by atoms with van der Waals surface area (Å²) in [6.07, 6.45) is -5.68. The van der Waals surface area contributed by atoms with Crippen LogP contribution in [-0.2, 0) is 50.9 Å². The van der Waals surface area contributed by atoms with E-state index in [-0.39, 0.29) is 28.9 Å². The van der Waals surface area contributed by atoms with E-state index in [1.807, 2.05) is 99.6 Å². The summed E-state index contributed by atoms with van der Waals surface area (Å²) in [7, 11) is -1.26. The Morgan fingerprint density at radius 2 is 1.45 bits per heavy atom. The third kappa shape index (κ3) is 11.3. The van der Waals surface area contributed by atoms with Crippen LogP contribution in [0.15, 0.2) is 120 Å². The van der Waals surface area contributed by atoms with E-state index in [1.165, 1.54) is 29.0 Å². The highest BCUT2D eigenvalue weighted by atomic mass is 32.2. The molecule has 19 heteroatoms. The first-order valence-corrected chi connectivity index (χ1v) is 24.9. The van der Waals surface area contributed by atoms with Crippen molar-refractivity contribution in [2.45, 2.75) is 96.0 Å². The molecule has 1 aromatic heterocycles. The van der Waals surface area contributed by atoms with Crippen molar-refractivity contribution in [2.75, 3.05) is 38.5 Å². The molecular weight excluding hydrogens is 937 g/mol. The smallest absolute Gasteiger partial charge is 0.416 e. The van der Waals surface area contributed by atoms with Crippen LogP contribution in [0, 0.1) is 5.41 Å². The van der Waals surface area contributed by atoms with Crippen LogP contribution in [0.1, 0.15) is 82.0 Å². The summed E-state index contributed by atoms with van der Waals surface area (Å²) in [5.41, 5.74) is -2.39. The van der Waals surface area contributed by atoms with Crippen LogP contribution >= 0.6 is 19.5 Å². The summed E-state index contributed by atoms with van der Waals surface area (Å²) in [6, 6.07) is 31.4. The van der Waals surface area contributed by atoms with Gasteiger partial charge < -0.3 is 29.0 Å². The fraction of sp³-hybridized carbons (Fsp3) is 0.420. The van der Waals surface area contributed by atoms with Crippen LogP contribution in [0.5, 0.6) is 11.5 Å². The van der Waals surface area contributed by atoms with Crippen molar-refractivity contribution in [3.8, 4) is 11.5 Å². The van der Waals surface area contributed by atoms with Gasteiger partial charge in [0.1, 0.15) is 40.7 Å². The zero-order valence-corrected chi connectivity index (χ0v) is 41.4. The summed E-state index contributed by atoms with van der Waals surface area (Å²) < 4.78 is 99.8. The largest absolute Gasteiger partial charge is 0.497 e. The molecular formula is C50H58F3N4O10PS. The molecule has 0 aliphatic carbocycles. The molecule has 7 rings (SSSR count). The lowest BCUT2D eigenvalue weighted by Gasteiger charge is -2.37. The van der Waals surface area contributed by atoms with Gasteiger partial charge in [0.25, 0.3) is 0 Å². The first-order chi connectivity index (χ1) is 32.7. The number of aromatic nitrogens is 2. The van der Waals surface area contributed by atoms with Gasteiger partial charge in [-0.1, -0.05) is 105 Å². The minimum Gasteiger partial charge on any atom is -0.497 e. The second-order valence-corrected chi connectivity index (χ2v) is 20.8. The van der Waals surface area contributed by atoms with E-state index < -0.39 is 79.1 Å². The monoisotopic (exact) mass is 994 g/mol. The SMILES string of the molecule is CCC(C)(C)C(=O)SCCOP(=O)(NCc1ccccc1C(F)(F)F)OC[C@H]1O[C@@H](n2ccc(NC(c3ccccc3)(c3ccc(OC)cc3)c3ccc(OC)cc3)nc2=O)C2(C)OC(C)(C)O[C@@H]12. The molecule has 2 unspecified atom stereocenters. The lowest BCUT2D eigenvalue weighted by Crippen LogP contribution is -2.45. The molecule has 0 amide bonds. The van der Waals surface area contributed by atoms with Crippen molar-refractivity contribution in [2.24, 2.45) is 5.41 Å². The number of fused-ring (bicyclic) bond motifs is 1. The number of hydrogen-bond acceptors (Lipinski definition) is 13. The van der Waals surface area contributed by atoms with Gasteiger partial charge in [0.05, 0.1) is 33.0 Å². The van der Waals surface area contributed by atoms with E-state index >= 15 is 0 Å². The van der Waals surface area contributed by atoms with Crippen LogP contribution in [-0.4, -0.2) is 71.4 Å². The Morgan fingerprint density at radius 3 is 2.03 bits per heavy atom. The first-order valence-electron chi connectivity index (χ1n) is 22.4. The van der Waals surface area contributed by atoms with E-state index in [0.29, 0.717) is 17.9 Å². The van der Waals surface area contributed by atoms with E-state index in [9.17, 15) is 27.3 Å². The second-order valence-electron chi connectivity index (χ2n) is 17.9. The number of alkyl halides is 3. The molecule has 2 aliphatic heterocycles. The van der Waals surface area contributed by atoms with Crippen molar-refractivity contribution >= 4 is 30.4 Å². The average molecular weight is 995 g/mol. The van der Waals surface area contributed by atoms with Crippen molar-refractivity contribution in [3.05, 3.63) is 154 Å². The Morgan fingerprint density at radius 1 is 0.855 bits per heavy atom. The molecule has 2 N–H and O–H groups in total. The number of hydrogen-bond donors (Lipinski definition) is 2. The van der Waals surface area contributed by atoms with E-state index in [0.717, 1.165) is 34.5 Å². The molecule has 69 heavy (non-hydrogen) atoms. The van der Waals surface area contributed by atoms with Crippen LogP contribution in [0.25, 0.3) is 0 Å². The number of nitrogens with one attached hydrogen (secondary N) is 2. The number of carbonyl (C=O) groups excluding carboxylic acids is 1. The molecule has 0 saturated carbocycles. The zero-order valence-electron chi connectivity index (χ0n) is 39.7. The van der Waals surface area contributed by atoms with E-state index in [1.54, 1.807) is 41.1 Å². The van der Waals surface area contributed by atoms with Gasteiger partial charge in [-0.05, 0) is 85.8 Å². The van der Waals surface area contributed by atoms with Crippen LogP contribution < -0.4 is 25.6 Å². The number of carbonyl (C=O) groups is 1. The Labute approximate surface area is 404 Å². The second kappa shape index (κ2) is 20.7. The Kier molecular flexibility index (Phi) is 15.6. The van der Waals surface area contributed by atoms with Gasteiger partial charge in [-0.15, -0.1) is 0 Å². The van der Waals surface area contributed by atoms with Gasteiger partial charge in [-0.25, -0.2) is 14.4 Å². The lowest BCUT2D eigenvalue weighted by atomic mass is 9.77. The van der Waals surface area contributed by atoms with Crippen molar-refractivity contribution in [3.63, 3.8) is 0 Å². The predicted octanol–water partition coefficient (Wildman–Crippen LogP) is 10.1. The minimum absolute atomic E-state index is 0.0949. The number of rotatable bonds is 20. The van der Waals surface area contributed by atoms with E-state index in [4.69, 9.17) is 32.7 Å². The zero-order chi connectivity index (χ0) is 49.8. The summed E-state index contributed by atoms with van der Waals surface area (Å²) in [4.78, 5) is 31.8. The van der Waals surface area contributed by atoms with Crippen LogP contribution in [0.2, 0.25) is 0 Å². The predicted molar refractivity (Wildman–Crippen MR) is 256 cm³/mol. The summed E-state index contributed by atoms with van der Waals surface area (Å²) in [6.45, 7) is 9.40. The number of benzene rings is 4. The highest BCUT2D eigenvalue weighted by Gasteiger charge is 2.64. The maximum Gasteiger partial charge on any atom is 0.416 e. The Hall–Kier alpha value is -5.04.